The molecule has 0 atom stereocenters. The first kappa shape index (κ1) is 24.2. The molecule has 2 amide bonds. The summed E-state index contributed by atoms with van der Waals surface area (Å²) in [4.78, 5) is 28.8. The molecule has 0 unspecified atom stereocenters. The summed E-state index contributed by atoms with van der Waals surface area (Å²) >= 11 is 0. The maximum Gasteiger partial charge on any atom is 0.240 e. The van der Waals surface area contributed by atoms with Crippen LogP contribution in [-0.4, -0.2) is 64.0 Å². The standard InChI is InChI=1S/C24H35N3O5S/c28-23(26-14-16-32-17-15-26)10-11-24(29)27-13-12-19-18-21(8-9-22(19)27)33(30,31)25-20-6-4-2-1-3-5-7-20/h8-9,18,20,25H,1-7,10-17H2. The Morgan fingerprint density at radius 2 is 1.61 bits per heavy atom. The zero-order chi connectivity index (χ0) is 23.3. The largest absolute Gasteiger partial charge is 0.378 e. The Morgan fingerprint density at radius 3 is 2.33 bits per heavy atom. The van der Waals surface area contributed by atoms with E-state index < -0.39 is 10.0 Å². The average Bonchev–Trinajstić information content (AvgIpc) is 3.23. The molecular weight excluding hydrogens is 442 g/mol. The number of hydrogen-bond acceptors (Lipinski definition) is 5. The summed E-state index contributed by atoms with van der Waals surface area (Å²) in [6.07, 6.45) is 8.40. The van der Waals surface area contributed by atoms with E-state index in [1.165, 1.54) is 19.3 Å². The molecule has 2 heterocycles. The predicted octanol–water partition coefficient (Wildman–Crippen LogP) is 2.61. The number of benzene rings is 1. The number of anilines is 1. The molecule has 2 fully saturated rings. The lowest BCUT2D eigenvalue weighted by Crippen LogP contribution is -2.41. The number of carbonyl (C=O) groups excluding carboxylic acids is 2. The van der Waals surface area contributed by atoms with Gasteiger partial charge in [-0.15, -0.1) is 0 Å². The zero-order valence-electron chi connectivity index (χ0n) is 19.3. The van der Waals surface area contributed by atoms with Gasteiger partial charge in [0.05, 0.1) is 18.1 Å². The van der Waals surface area contributed by atoms with Crippen molar-refractivity contribution in [3.05, 3.63) is 23.8 Å². The van der Waals surface area contributed by atoms with Gasteiger partial charge in [0, 0.05) is 44.2 Å². The second-order valence-electron chi connectivity index (χ2n) is 9.24. The SMILES string of the molecule is O=C(CCC(=O)N1CCc2cc(S(=O)(=O)NC3CCCCCCC3)ccc21)N1CCOCC1. The van der Waals surface area contributed by atoms with E-state index >= 15 is 0 Å². The molecular formula is C24H35N3O5S. The zero-order valence-corrected chi connectivity index (χ0v) is 20.1. The minimum absolute atomic E-state index is 0.00867. The van der Waals surface area contributed by atoms with Gasteiger partial charge in [-0.3, -0.25) is 9.59 Å². The molecule has 3 aliphatic rings. The molecule has 0 spiro atoms. The van der Waals surface area contributed by atoms with Gasteiger partial charge < -0.3 is 14.5 Å². The Morgan fingerprint density at radius 1 is 0.939 bits per heavy atom. The van der Waals surface area contributed by atoms with Crippen molar-refractivity contribution in [2.45, 2.75) is 75.1 Å². The van der Waals surface area contributed by atoms with Crippen molar-refractivity contribution < 1.29 is 22.7 Å². The number of morpholine rings is 1. The van der Waals surface area contributed by atoms with Gasteiger partial charge >= 0.3 is 0 Å². The maximum absolute atomic E-state index is 13.0. The van der Waals surface area contributed by atoms with Crippen molar-refractivity contribution in [1.29, 1.82) is 0 Å². The number of nitrogens with one attached hydrogen (secondary N) is 1. The van der Waals surface area contributed by atoms with E-state index in [0.29, 0.717) is 39.3 Å². The predicted molar refractivity (Wildman–Crippen MR) is 126 cm³/mol. The van der Waals surface area contributed by atoms with E-state index in [1.807, 2.05) is 0 Å². The number of carbonyl (C=O) groups is 2. The van der Waals surface area contributed by atoms with Crippen molar-refractivity contribution in [1.82, 2.24) is 9.62 Å². The lowest BCUT2D eigenvalue weighted by molar-refractivity contribution is -0.136. The molecule has 2 aliphatic heterocycles. The van der Waals surface area contributed by atoms with Crippen molar-refractivity contribution in [3.63, 3.8) is 0 Å². The number of fused-ring (bicyclic) bond motifs is 1. The quantitative estimate of drug-likeness (QED) is 0.680. The minimum atomic E-state index is -3.60. The summed E-state index contributed by atoms with van der Waals surface area (Å²) < 4.78 is 34.2. The summed E-state index contributed by atoms with van der Waals surface area (Å²) in [7, 11) is -3.60. The first-order chi connectivity index (χ1) is 15.9. The van der Waals surface area contributed by atoms with Gasteiger partial charge in [-0.2, -0.15) is 0 Å². The topological polar surface area (TPSA) is 96.0 Å². The highest BCUT2D eigenvalue weighted by Gasteiger charge is 2.28. The summed E-state index contributed by atoms with van der Waals surface area (Å²) in [6, 6.07) is 5.02. The smallest absolute Gasteiger partial charge is 0.240 e. The van der Waals surface area contributed by atoms with Crippen LogP contribution >= 0.6 is 0 Å². The number of sulfonamides is 1. The second kappa shape index (κ2) is 11.0. The lowest BCUT2D eigenvalue weighted by atomic mass is 9.97. The number of rotatable bonds is 6. The third-order valence-corrected chi connectivity index (χ3v) is 8.42. The van der Waals surface area contributed by atoms with Crippen LogP contribution in [0.1, 0.15) is 63.4 Å². The molecule has 1 N–H and O–H groups in total. The minimum Gasteiger partial charge on any atom is -0.378 e. The van der Waals surface area contributed by atoms with Gasteiger partial charge in [-0.05, 0) is 43.0 Å². The van der Waals surface area contributed by atoms with Gasteiger partial charge in [0.2, 0.25) is 21.8 Å². The van der Waals surface area contributed by atoms with E-state index in [4.69, 9.17) is 4.74 Å². The normalized spacial score (nSPS) is 20.2. The molecule has 1 aliphatic carbocycles. The van der Waals surface area contributed by atoms with Crippen LogP contribution in [0.3, 0.4) is 0 Å². The molecule has 8 nitrogen and oxygen atoms in total. The van der Waals surface area contributed by atoms with Crippen molar-refractivity contribution in [2.24, 2.45) is 0 Å². The Hall–Kier alpha value is -1.97. The highest BCUT2D eigenvalue weighted by Crippen LogP contribution is 2.31. The van der Waals surface area contributed by atoms with Crippen molar-refractivity contribution in [2.75, 3.05) is 37.7 Å². The van der Waals surface area contributed by atoms with E-state index in [1.54, 1.807) is 28.0 Å². The van der Waals surface area contributed by atoms with Crippen LogP contribution in [0.5, 0.6) is 0 Å². The first-order valence-electron chi connectivity index (χ1n) is 12.3. The second-order valence-corrected chi connectivity index (χ2v) is 11.0. The van der Waals surface area contributed by atoms with Crippen LogP contribution in [-0.2, 0) is 30.8 Å². The van der Waals surface area contributed by atoms with Crippen LogP contribution in [0.25, 0.3) is 0 Å². The maximum atomic E-state index is 13.0. The molecule has 182 valence electrons. The molecule has 0 bridgehead atoms. The van der Waals surface area contributed by atoms with Crippen molar-refractivity contribution in [3.8, 4) is 0 Å². The van der Waals surface area contributed by atoms with Gasteiger partial charge in [0.15, 0.2) is 0 Å². The van der Waals surface area contributed by atoms with Gasteiger partial charge in [-0.25, -0.2) is 13.1 Å². The summed E-state index contributed by atoms with van der Waals surface area (Å²) in [5, 5.41) is 0. The fourth-order valence-electron chi connectivity index (χ4n) is 4.99. The average molecular weight is 478 g/mol. The van der Waals surface area contributed by atoms with Crippen LogP contribution < -0.4 is 9.62 Å². The highest BCUT2D eigenvalue weighted by atomic mass is 32.2. The number of amides is 2. The van der Waals surface area contributed by atoms with E-state index in [9.17, 15) is 18.0 Å². The molecule has 1 aromatic rings. The Kier molecular flexibility index (Phi) is 8.03. The van der Waals surface area contributed by atoms with Gasteiger partial charge in [-0.1, -0.05) is 32.1 Å². The van der Waals surface area contributed by atoms with Crippen LogP contribution in [0.4, 0.5) is 5.69 Å². The van der Waals surface area contributed by atoms with E-state index in [0.717, 1.165) is 36.9 Å². The highest BCUT2D eigenvalue weighted by molar-refractivity contribution is 7.89. The lowest BCUT2D eigenvalue weighted by Gasteiger charge is -2.27. The molecule has 1 aromatic carbocycles. The summed E-state index contributed by atoms with van der Waals surface area (Å²) in [6.45, 7) is 2.75. The molecule has 1 saturated heterocycles. The molecule has 33 heavy (non-hydrogen) atoms. The summed E-state index contributed by atoms with van der Waals surface area (Å²) in [5.74, 6) is -0.119. The summed E-state index contributed by atoms with van der Waals surface area (Å²) in [5.41, 5.74) is 1.62. The molecule has 4 rings (SSSR count). The monoisotopic (exact) mass is 477 g/mol. The van der Waals surface area contributed by atoms with Crippen LogP contribution in [0.15, 0.2) is 23.1 Å². The fraction of sp³-hybridized carbons (Fsp3) is 0.667. The Bertz CT molecular complexity index is 951. The van der Waals surface area contributed by atoms with E-state index in [-0.39, 0.29) is 35.6 Å². The van der Waals surface area contributed by atoms with Gasteiger partial charge in [0.25, 0.3) is 0 Å². The molecule has 1 saturated carbocycles. The number of ether oxygens (including phenoxy) is 1. The third kappa shape index (κ3) is 6.13. The molecule has 9 heteroatoms. The number of nitrogens with zero attached hydrogens (tertiary/aromatic N) is 2. The third-order valence-electron chi connectivity index (χ3n) is 6.90. The van der Waals surface area contributed by atoms with Crippen LogP contribution in [0.2, 0.25) is 0 Å². The Labute approximate surface area is 196 Å². The first-order valence-corrected chi connectivity index (χ1v) is 13.7. The molecule has 0 radical (unpaired) electrons. The van der Waals surface area contributed by atoms with Gasteiger partial charge in [0.1, 0.15) is 0 Å². The van der Waals surface area contributed by atoms with Crippen molar-refractivity contribution >= 4 is 27.5 Å². The number of hydrogen-bond donors (Lipinski definition) is 1. The fourth-order valence-corrected chi connectivity index (χ4v) is 6.34. The Balaban J connectivity index is 1.36. The van der Waals surface area contributed by atoms with Crippen LogP contribution in [0, 0.1) is 0 Å². The molecule has 0 aromatic heterocycles. The van der Waals surface area contributed by atoms with E-state index in [2.05, 4.69) is 4.72 Å².